The highest BCUT2D eigenvalue weighted by molar-refractivity contribution is 7.12. The average Bonchev–Trinajstić information content (AvgIpc) is 3.38. The van der Waals surface area contributed by atoms with Gasteiger partial charge in [0.25, 0.3) is 5.69 Å². The highest BCUT2D eigenvalue weighted by atomic mass is 32.1. The van der Waals surface area contributed by atoms with Crippen LogP contribution in [0.15, 0.2) is 47.8 Å². The van der Waals surface area contributed by atoms with Crippen LogP contribution in [0, 0.1) is 17.0 Å². The van der Waals surface area contributed by atoms with E-state index in [1.807, 2.05) is 17.5 Å². The molecular formula is C19H17N3O5S2. The number of carbonyl (C=O) groups excluding carboxylic acids is 2. The Morgan fingerprint density at radius 2 is 1.97 bits per heavy atom. The Bertz CT molecular complexity index is 1050. The van der Waals surface area contributed by atoms with Crippen molar-refractivity contribution >= 4 is 45.9 Å². The molecule has 10 heteroatoms. The zero-order chi connectivity index (χ0) is 21.0. The van der Waals surface area contributed by atoms with Crippen LogP contribution in [0.1, 0.15) is 26.3 Å². The molecule has 0 saturated carbocycles. The largest absolute Gasteiger partial charge is 0.382 e. The molecular weight excluding hydrogens is 414 g/mol. The average molecular weight is 431 g/mol. The van der Waals surface area contributed by atoms with Crippen molar-refractivity contribution in [3.05, 3.63) is 78.2 Å². The summed E-state index contributed by atoms with van der Waals surface area (Å²) in [5.41, 5.74) is 0.340. The van der Waals surface area contributed by atoms with E-state index in [1.165, 1.54) is 34.8 Å². The zero-order valence-electron chi connectivity index (χ0n) is 15.2. The monoisotopic (exact) mass is 431 g/mol. The summed E-state index contributed by atoms with van der Waals surface area (Å²) >= 11 is 2.77. The van der Waals surface area contributed by atoms with Crippen LogP contribution >= 0.6 is 22.7 Å². The molecule has 2 amide bonds. The number of anilines is 1. The number of aryl methyl sites for hydroxylation is 1. The minimum Gasteiger partial charge on any atom is -0.382 e. The Hall–Kier alpha value is -3.08. The second-order valence-corrected chi connectivity index (χ2v) is 8.32. The Morgan fingerprint density at radius 3 is 2.66 bits per heavy atom. The molecule has 2 aromatic heterocycles. The summed E-state index contributed by atoms with van der Waals surface area (Å²) in [5, 5.41) is 28.1. The minimum absolute atomic E-state index is 0.0433. The number of benzene rings is 1. The maximum atomic E-state index is 12.1. The second kappa shape index (κ2) is 8.95. The maximum absolute atomic E-state index is 12.1. The van der Waals surface area contributed by atoms with Crippen molar-refractivity contribution in [2.75, 3.05) is 5.32 Å². The number of nitrogens with one attached hydrogen (secondary N) is 2. The smallest absolute Gasteiger partial charge is 0.313 e. The van der Waals surface area contributed by atoms with Crippen LogP contribution in [0.5, 0.6) is 0 Å². The van der Waals surface area contributed by atoms with Crippen LogP contribution in [0.4, 0.5) is 11.4 Å². The number of amides is 2. The topological polar surface area (TPSA) is 122 Å². The van der Waals surface area contributed by atoms with E-state index in [0.717, 1.165) is 14.6 Å². The fourth-order valence-corrected chi connectivity index (χ4v) is 4.31. The van der Waals surface area contributed by atoms with Gasteiger partial charge in [-0.05, 0) is 42.1 Å². The van der Waals surface area contributed by atoms with Crippen molar-refractivity contribution in [1.29, 1.82) is 0 Å². The van der Waals surface area contributed by atoms with Crippen LogP contribution in [0.2, 0.25) is 0 Å². The third-order valence-electron chi connectivity index (χ3n) is 3.99. The third-order valence-corrected chi connectivity index (χ3v) is 6.05. The van der Waals surface area contributed by atoms with Gasteiger partial charge < -0.3 is 15.7 Å². The number of thiophene rings is 2. The summed E-state index contributed by atoms with van der Waals surface area (Å²) in [6.45, 7) is 1.79. The number of nitro benzene ring substituents is 1. The maximum Gasteiger partial charge on any atom is 0.313 e. The van der Waals surface area contributed by atoms with Crippen LogP contribution in [-0.4, -0.2) is 21.8 Å². The van der Waals surface area contributed by atoms with Gasteiger partial charge in [0.2, 0.25) is 0 Å². The summed E-state index contributed by atoms with van der Waals surface area (Å²) in [6, 6.07) is 11.5. The first-order valence-electron chi connectivity index (χ1n) is 8.49. The molecule has 0 aliphatic carbocycles. The lowest BCUT2D eigenvalue weighted by atomic mass is 10.2. The van der Waals surface area contributed by atoms with Crippen LogP contribution in [0.3, 0.4) is 0 Å². The van der Waals surface area contributed by atoms with Gasteiger partial charge in [0.05, 0.1) is 11.5 Å². The Labute approximate surface area is 174 Å². The molecule has 0 aliphatic heterocycles. The minimum atomic E-state index is -0.993. The standard InChI is InChI=1S/C19H17N3O5S2/c1-11-4-6-13(14(9-11)22(26)27)21-19(25)18(24)20-10-12-5-7-16(29-12)17(23)15-3-2-8-28-15/h2-9,17,23H,10H2,1H3,(H,20,24)(H,21,25). The summed E-state index contributed by atoms with van der Waals surface area (Å²) in [7, 11) is 0. The predicted octanol–water partition coefficient (Wildman–Crippen LogP) is 3.36. The molecule has 2 heterocycles. The number of rotatable bonds is 6. The highest BCUT2D eigenvalue weighted by Gasteiger charge is 2.20. The zero-order valence-corrected chi connectivity index (χ0v) is 16.9. The summed E-state index contributed by atoms with van der Waals surface area (Å²) < 4.78 is 0. The molecule has 3 aromatic rings. The SMILES string of the molecule is Cc1ccc(NC(=O)C(=O)NCc2ccc(C(O)c3cccs3)s2)c([N+](=O)[O-])c1. The van der Waals surface area contributed by atoms with Gasteiger partial charge in [-0.1, -0.05) is 12.1 Å². The highest BCUT2D eigenvalue weighted by Crippen LogP contribution is 2.31. The molecule has 8 nitrogen and oxygen atoms in total. The van der Waals surface area contributed by atoms with Gasteiger partial charge in [-0.15, -0.1) is 22.7 Å². The van der Waals surface area contributed by atoms with Gasteiger partial charge in [0.15, 0.2) is 0 Å². The quantitative estimate of drug-likeness (QED) is 0.314. The van der Waals surface area contributed by atoms with Gasteiger partial charge in [-0.25, -0.2) is 0 Å². The fraction of sp³-hybridized carbons (Fsp3) is 0.158. The van der Waals surface area contributed by atoms with Gasteiger partial charge in [0.1, 0.15) is 11.8 Å². The number of nitro groups is 1. The number of carbonyl (C=O) groups is 2. The first-order chi connectivity index (χ1) is 13.8. The molecule has 0 bridgehead atoms. The number of aliphatic hydroxyl groups is 1. The molecule has 0 fully saturated rings. The molecule has 0 saturated heterocycles. The van der Waals surface area contributed by atoms with Crippen molar-refractivity contribution in [3.8, 4) is 0 Å². The molecule has 150 valence electrons. The van der Waals surface area contributed by atoms with E-state index in [9.17, 15) is 24.8 Å². The van der Waals surface area contributed by atoms with E-state index in [-0.39, 0.29) is 17.9 Å². The molecule has 3 N–H and O–H groups in total. The Balaban J connectivity index is 1.59. The van der Waals surface area contributed by atoms with Crippen molar-refractivity contribution in [3.63, 3.8) is 0 Å². The third kappa shape index (κ3) is 5.05. The normalized spacial score (nSPS) is 11.7. The van der Waals surface area contributed by atoms with E-state index in [4.69, 9.17) is 0 Å². The Morgan fingerprint density at radius 1 is 1.17 bits per heavy atom. The van der Waals surface area contributed by atoms with Crippen molar-refractivity contribution in [1.82, 2.24) is 5.32 Å². The number of hydrogen-bond donors (Lipinski definition) is 3. The van der Waals surface area contributed by atoms with Gasteiger partial charge >= 0.3 is 11.8 Å². The van der Waals surface area contributed by atoms with Crippen LogP contribution < -0.4 is 10.6 Å². The molecule has 0 spiro atoms. The molecule has 1 atom stereocenters. The van der Waals surface area contributed by atoms with E-state index in [1.54, 1.807) is 25.1 Å². The second-order valence-electron chi connectivity index (χ2n) is 6.14. The lowest BCUT2D eigenvalue weighted by molar-refractivity contribution is -0.384. The van der Waals surface area contributed by atoms with Crippen molar-refractivity contribution < 1.29 is 19.6 Å². The first kappa shape index (κ1) is 20.6. The lowest BCUT2D eigenvalue weighted by Gasteiger charge is -2.07. The van der Waals surface area contributed by atoms with E-state index < -0.39 is 22.8 Å². The lowest BCUT2D eigenvalue weighted by Crippen LogP contribution is -2.34. The van der Waals surface area contributed by atoms with E-state index in [2.05, 4.69) is 10.6 Å². The van der Waals surface area contributed by atoms with E-state index >= 15 is 0 Å². The van der Waals surface area contributed by atoms with Crippen LogP contribution in [0.25, 0.3) is 0 Å². The summed E-state index contributed by atoms with van der Waals surface area (Å²) in [5.74, 6) is -1.90. The van der Waals surface area contributed by atoms with Gasteiger partial charge in [-0.3, -0.25) is 19.7 Å². The molecule has 1 unspecified atom stereocenters. The number of hydrogen-bond acceptors (Lipinski definition) is 7. The number of nitrogens with zero attached hydrogens (tertiary/aromatic N) is 1. The van der Waals surface area contributed by atoms with Gasteiger partial charge in [0, 0.05) is 20.7 Å². The molecule has 3 rings (SSSR count). The Kier molecular flexibility index (Phi) is 6.37. The fourth-order valence-electron chi connectivity index (χ4n) is 2.55. The molecule has 0 aliphatic rings. The first-order valence-corrected chi connectivity index (χ1v) is 10.2. The molecule has 29 heavy (non-hydrogen) atoms. The van der Waals surface area contributed by atoms with E-state index in [0.29, 0.717) is 5.56 Å². The summed E-state index contributed by atoms with van der Waals surface area (Å²) in [4.78, 5) is 37.0. The van der Waals surface area contributed by atoms with Gasteiger partial charge in [-0.2, -0.15) is 0 Å². The summed E-state index contributed by atoms with van der Waals surface area (Å²) in [6.07, 6.45) is -0.727. The van der Waals surface area contributed by atoms with Crippen molar-refractivity contribution in [2.24, 2.45) is 0 Å². The molecule has 1 aromatic carbocycles. The van der Waals surface area contributed by atoms with Crippen LogP contribution in [-0.2, 0) is 16.1 Å². The number of aliphatic hydroxyl groups excluding tert-OH is 1. The molecule has 0 radical (unpaired) electrons. The van der Waals surface area contributed by atoms with Crippen molar-refractivity contribution in [2.45, 2.75) is 19.6 Å². The predicted molar refractivity (Wildman–Crippen MR) is 111 cm³/mol.